The standard InChI is InChI=1S/C17H18N4O3S/c1-10-7-12(20-21(10)2)16(22)19-17-18-13(9-25-17)11-5-6-14(23-3)15(8-11)24-4/h5-9H,1-4H3,(H,18,19,22). The van der Waals surface area contributed by atoms with Crippen LogP contribution in [-0.4, -0.2) is 34.9 Å². The highest BCUT2D eigenvalue weighted by Crippen LogP contribution is 2.33. The highest BCUT2D eigenvalue weighted by molar-refractivity contribution is 7.14. The number of thiazole rings is 1. The van der Waals surface area contributed by atoms with Gasteiger partial charge in [-0.25, -0.2) is 4.98 Å². The van der Waals surface area contributed by atoms with Crippen molar-refractivity contribution in [1.29, 1.82) is 0 Å². The summed E-state index contributed by atoms with van der Waals surface area (Å²) < 4.78 is 12.2. The van der Waals surface area contributed by atoms with Crippen molar-refractivity contribution < 1.29 is 14.3 Å². The number of aryl methyl sites for hydroxylation is 2. The summed E-state index contributed by atoms with van der Waals surface area (Å²) in [7, 11) is 4.97. The molecule has 0 aliphatic carbocycles. The number of hydrogen-bond donors (Lipinski definition) is 1. The van der Waals surface area contributed by atoms with Crippen molar-refractivity contribution in [3.63, 3.8) is 0 Å². The Morgan fingerprint density at radius 1 is 1.20 bits per heavy atom. The van der Waals surface area contributed by atoms with Crippen LogP contribution in [0.5, 0.6) is 11.5 Å². The molecule has 3 rings (SSSR count). The Bertz CT molecular complexity index is 897. The van der Waals surface area contributed by atoms with Crippen LogP contribution in [0.15, 0.2) is 29.6 Å². The van der Waals surface area contributed by atoms with E-state index in [1.807, 2.05) is 30.5 Å². The SMILES string of the molecule is COc1ccc(-c2csc(NC(=O)c3cc(C)n(C)n3)n2)cc1OC. The van der Waals surface area contributed by atoms with Gasteiger partial charge in [-0.3, -0.25) is 14.8 Å². The molecule has 7 nitrogen and oxygen atoms in total. The van der Waals surface area contributed by atoms with Gasteiger partial charge < -0.3 is 9.47 Å². The largest absolute Gasteiger partial charge is 0.493 e. The summed E-state index contributed by atoms with van der Waals surface area (Å²) in [5, 5.41) is 9.33. The highest BCUT2D eigenvalue weighted by atomic mass is 32.1. The number of nitrogens with one attached hydrogen (secondary N) is 1. The molecule has 130 valence electrons. The Kier molecular flexibility index (Phi) is 4.71. The smallest absolute Gasteiger partial charge is 0.277 e. The first-order valence-electron chi connectivity index (χ1n) is 7.51. The third-order valence-electron chi connectivity index (χ3n) is 3.75. The molecule has 1 aromatic carbocycles. The van der Waals surface area contributed by atoms with Gasteiger partial charge >= 0.3 is 0 Å². The number of amides is 1. The Balaban J connectivity index is 1.79. The van der Waals surface area contributed by atoms with Crippen LogP contribution in [0.25, 0.3) is 11.3 Å². The first-order valence-corrected chi connectivity index (χ1v) is 8.39. The summed E-state index contributed by atoms with van der Waals surface area (Å²) in [5.74, 6) is 1.000. The van der Waals surface area contributed by atoms with Gasteiger partial charge in [0.1, 0.15) is 0 Å². The molecule has 2 aromatic heterocycles. The topological polar surface area (TPSA) is 78.3 Å². The van der Waals surface area contributed by atoms with E-state index in [4.69, 9.17) is 9.47 Å². The average molecular weight is 358 g/mol. The zero-order valence-electron chi connectivity index (χ0n) is 14.4. The van der Waals surface area contributed by atoms with Gasteiger partial charge in [0.2, 0.25) is 0 Å². The maximum Gasteiger partial charge on any atom is 0.277 e. The monoisotopic (exact) mass is 358 g/mol. The van der Waals surface area contributed by atoms with E-state index in [9.17, 15) is 4.79 Å². The number of methoxy groups -OCH3 is 2. The molecule has 0 aliphatic heterocycles. The maximum absolute atomic E-state index is 12.3. The lowest BCUT2D eigenvalue weighted by Crippen LogP contribution is -2.12. The van der Waals surface area contributed by atoms with Gasteiger partial charge in [0.25, 0.3) is 5.91 Å². The Morgan fingerprint density at radius 2 is 1.96 bits per heavy atom. The lowest BCUT2D eigenvalue weighted by Gasteiger charge is -2.08. The second kappa shape index (κ2) is 6.94. The van der Waals surface area contributed by atoms with Gasteiger partial charge in [-0.2, -0.15) is 5.10 Å². The number of aromatic nitrogens is 3. The summed E-state index contributed by atoms with van der Waals surface area (Å²) >= 11 is 1.35. The molecule has 2 heterocycles. The number of hydrogen-bond acceptors (Lipinski definition) is 6. The minimum Gasteiger partial charge on any atom is -0.493 e. The van der Waals surface area contributed by atoms with Crippen LogP contribution in [-0.2, 0) is 7.05 Å². The highest BCUT2D eigenvalue weighted by Gasteiger charge is 2.14. The van der Waals surface area contributed by atoms with Gasteiger partial charge in [-0.1, -0.05) is 0 Å². The summed E-state index contributed by atoms with van der Waals surface area (Å²) in [4.78, 5) is 16.7. The van der Waals surface area contributed by atoms with E-state index in [1.165, 1.54) is 11.3 Å². The predicted octanol–water partition coefficient (Wildman–Crippen LogP) is 3.12. The van der Waals surface area contributed by atoms with Gasteiger partial charge in [-0.15, -0.1) is 11.3 Å². The van der Waals surface area contributed by atoms with Crippen LogP contribution in [0, 0.1) is 6.92 Å². The minimum absolute atomic E-state index is 0.281. The third kappa shape index (κ3) is 3.48. The van der Waals surface area contributed by atoms with Crippen molar-refractivity contribution in [2.75, 3.05) is 19.5 Å². The van der Waals surface area contributed by atoms with E-state index >= 15 is 0 Å². The molecule has 8 heteroatoms. The molecule has 25 heavy (non-hydrogen) atoms. The number of anilines is 1. The molecular weight excluding hydrogens is 340 g/mol. The molecule has 0 spiro atoms. The second-order valence-electron chi connectivity index (χ2n) is 5.36. The zero-order valence-corrected chi connectivity index (χ0v) is 15.2. The first-order chi connectivity index (χ1) is 12.0. The van der Waals surface area contributed by atoms with Gasteiger partial charge in [-0.05, 0) is 31.2 Å². The fourth-order valence-electron chi connectivity index (χ4n) is 2.29. The Morgan fingerprint density at radius 3 is 2.60 bits per heavy atom. The fourth-order valence-corrected chi connectivity index (χ4v) is 3.01. The predicted molar refractivity (Wildman–Crippen MR) is 96.6 cm³/mol. The van der Waals surface area contributed by atoms with Gasteiger partial charge in [0.15, 0.2) is 22.3 Å². The third-order valence-corrected chi connectivity index (χ3v) is 4.51. The molecule has 0 unspecified atom stereocenters. The molecule has 0 saturated heterocycles. The van der Waals surface area contributed by atoms with Crippen LogP contribution in [0.3, 0.4) is 0 Å². The Labute approximate surface area is 149 Å². The molecule has 0 bridgehead atoms. The molecule has 0 radical (unpaired) electrons. The van der Waals surface area contributed by atoms with E-state index < -0.39 is 0 Å². The number of benzene rings is 1. The van der Waals surface area contributed by atoms with E-state index in [-0.39, 0.29) is 5.91 Å². The molecule has 0 fully saturated rings. The van der Waals surface area contributed by atoms with Crippen LogP contribution >= 0.6 is 11.3 Å². The minimum atomic E-state index is -0.281. The summed E-state index contributed by atoms with van der Waals surface area (Å²) in [6.07, 6.45) is 0. The first kappa shape index (κ1) is 17.0. The number of rotatable bonds is 5. The van der Waals surface area contributed by atoms with Crippen molar-refractivity contribution >= 4 is 22.4 Å². The summed E-state index contributed by atoms with van der Waals surface area (Å²) in [5.41, 5.74) is 2.90. The fraction of sp³-hybridized carbons (Fsp3) is 0.235. The molecule has 1 N–H and O–H groups in total. The quantitative estimate of drug-likeness (QED) is 0.758. The molecule has 1 amide bonds. The van der Waals surface area contributed by atoms with E-state index in [2.05, 4.69) is 15.4 Å². The molecule has 0 aliphatic rings. The van der Waals surface area contributed by atoms with Crippen molar-refractivity contribution in [1.82, 2.24) is 14.8 Å². The number of nitrogens with zero attached hydrogens (tertiary/aromatic N) is 3. The number of carbonyl (C=O) groups is 1. The van der Waals surface area contributed by atoms with E-state index in [0.29, 0.717) is 22.3 Å². The maximum atomic E-state index is 12.3. The molecule has 3 aromatic rings. The Hall–Kier alpha value is -2.87. The second-order valence-corrected chi connectivity index (χ2v) is 6.21. The van der Waals surface area contributed by atoms with Crippen LogP contribution in [0.2, 0.25) is 0 Å². The molecular formula is C17H18N4O3S. The lowest BCUT2D eigenvalue weighted by atomic mass is 10.1. The van der Waals surface area contributed by atoms with Gasteiger partial charge in [0.05, 0.1) is 19.9 Å². The van der Waals surface area contributed by atoms with E-state index in [0.717, 1.165) is 17.0 Å². The van der Waals surface area contributed by atoms with Crippen LogP contribution in [0.4, 0.5) is 5.13 Å². The van der Waals surface area contributed by atoms with Crippen molar-refractivity contribution in [3.8, 4) is 22.8 Å². The molecule has 0 saturated carbocycles. The number of carbonyl (C=O) groups excluding carboxylic acids is 1. The zero-order chi connectivity index (χ0) is 18.0. The number of ether oxygens (including phenoxy) is 2. The van der Waals surface area contributed by atoms with Crippen molar-refractivity contribution in [2.45, 2.75) is 6.92 Å². The van der Waals surface area contributed by atoms with E-state index in [1.54, 1.807) is 32.0 Å². The van der Waals surface area contributed by atoms with Crippen molar-refractivity contribution in [3.05, 3.63) is 41.0 Å². The summed E-state index contributed by atoms with van der Waals surface area (Å²) in [6.45, 7) is 1.89. The average Bonchev–Trinajstić information content (AvgIpc) is 3.21. The van der Waals surface area contributed by atoms with Crippen LogP contribution < -0.4 is 14.8 Å². The summed E-state index contributed by atoms with van der Waals surface area (Å²) in [6, 6.07) is 7.30. The molecule has 0 atom stereocenters. The van der Waals surface area contributed by atoms with Crippen LogP contribution in [0.1, 0.15) is 16.2 Å². The van der Waals surface area contributed by atoms with Crippen molar-refractivity contribution in [2.24, 2.45) is 7.05 Å². The van der Waals surface area contributed by atoms with Gasteiger partial charge in [0, 0.05) is 23.7 Å². The lowest BCUT2D eigenvalue weighted by molar-refractivity contribution is 0.102. The normalized spacial score (nSPS) is 10.6.